The Bertz CT molecular complexity index is 537. The monoisotopic (exact) mass is 314 g/mol. The second kappa shape index (κ2) is 7.20. The van der Waals surface area contributed by atoms with E-state index in [4.69, 9.17) is 9.84 Å². The molecule has 6 nitrogen and oxygen atoms in total. The van der Waals surface area contributed by atoms with E-state index < -0.39 is 10.0 Å². The molecule has 0 radical (unpaired) electrons. The number of hydrogen-bond acceptors (Lipinski definition) is 5. The number of hydrogen-bond donors (Lipinski definition) is 2. The second-order valence-electron chi connectivity index (χ2n) is 5.29. The number of pyridine rings is 1. The SMILES string of the molecule is CCOc1ccc(S(=O)(=O)NC2CCC(CO)CC2)cn1. The number of rotatable bonds is 6. The first-order valence-electron chi connectivity index (χ1n) is 7.27. The summed E-state index contributed by atoms with van der Waals surface area (Å²) in [6.07, 6.45) is 4.53. The van der Waals surface area contributed by atoms with Crippen LogP contribution in [0, 0.1) is 5.92 Å². The van der Waals surface area contributed by atoms with Crippen LogP contribution in [0.5, 0.6) is 5.88 Å². The van der Waals surface area contributed by atoms with Crippen molar-refractivity contribution in [2.24, 2.45) is 5.92 Å². The Balaban J connectivity index is 1.98. The summed E-state index contributed by atoms with van der Waals surface area (Å²) in [6, 6.07) is 2.99. The highest BCUT2D eigenvalue weighted by molar-refractivity contribution is 7.89. The van der Waals surface area contributed by atoms with Crippen molar-refractivity contribution >= 4 is 10.0 Å². The highest BCUT2D eigenvalue weighted by Crippen LogP contribution is 2.25. The summed E-state index contributed by atoms with van der Waals surface area (Å²) in [7, 11) is -3.55. The van der Waals surface area contributed by atoms with Gasteiger partial charge in [0.2, 0.25) is 15.9 Å². The highest BCUT2D eigenvalue weighted by atomic mass is 32.2. The maximum absolute atomic E-state index is 12.3. The molecule has 118 valence electrons. The van der Waals surface area contributed by atoms with Crippen molar-refractivity contribution in [3.63, 3.8) is 0 Å². The topological polar surface area (TPSA) is 88.5 Å². The predicted octanol–water partition coefficient (Wildman–Crippen LogP) is 1.31. The van der Waals surface area contributed by atoms with Crippen molar-refractivity contribution in [3.8, 4) is 5.88 Å². The minimum atomic E-state index is -3.55. The molecule has 1 heterocycles. The van der Waals surface area contributed by atoms with Crippen LogP contribution in [0.3, 0.4) is 0 Å². The minimum absolute atomic E-state index is 0.0654. The van der Waals surface area contributed by atoms with Gasteiger partial charge < -0.3 is 9.84 Å². The van der Waals surface area contributed by atoms with Crippen molar-refractivity contribution in [1.29, 1.82) is 0 Å². The van der Waals surface area contributed by atoms with Crippen molar-refractivity contribution in [2.75, 3.05) is 13.2 Å². The number of sulfonamides is 1. The van der Waals surface area contributed by atoms with E-state index in [-0.39, 0.29) is 17.5 Å². The van der Waals surface area contributed by atoms with Gasteiger partial charge in [0.15, 0.2) is 0 Å². The molecule has 2 rings (SSSR count). The van der Waals surface area contributed by atoms with Gasteiger partial charge in [-0.1, -0.05) is 0 Å². The summed E-state index contributed by atoms with van der Waals surface area (Å²) in [5, 5.41) is 9.10. The van der Waals surface area contributed by atoms with Crippen molar-refractivity contribution in [3.05, 3.63) is 18.3 Å². The molecule has 1 aromatic heterocycles. The molecule has 0 aromatic carbocycles. The number of aliphatic hydroxyl groups is 1. The molecule has 21 heavy (non-hydrogen) atoms. The van der Waals surface area contributed by atoms with Crippen molar-refractivity contribution < 1.29 is 18.3 Å². The van der Waals surface area contributed by atoms with Gasteiger partial charge in [-0.15, -0.1) is 0 Å². The molecule has 0 saturated heterocycles. The van der Waals surface area contributed by atoms with E-state index in [1.165, 1.54) is 12.3 Å². The summed E-state index contributed by atoms with van der Waals surface area (Å²) in [5.74, 6) is 0.720. The first-order valence-corrected chi connectivity index (χ1v) is 8.75. The maximum atomic E-state index is 12.3. The first-order chi connectivity index (χ1) is 10.0. The zero-order valence-corrected chi connectivity index (χ0v) is 13.0. The van der Waals surface area contributed by atoms with Crippen LogP contribution < -0.4 is 9.46 Å². The molecule has 0 atom stereocenters. The quantitative estimate of drug-likeness (QED) is 0.826. The summed E-state index contributed by atoms with van der Waals surface area (Å²) in [5.41, 5.74) is 0. The molecule has 0 unspecified atom stereocenters. The summed E-state index contributed by atoms with van der Waals surface area (Å²) < 4.78 is 32.5. The third kappa shape index (κ3) is 4.39. The fraction of sp³-hybridized carbons (Fsp3) is 0.643. The fourth-order valence-corrected chi connectivity index (χ4v) is 3.76. The summed E-state index contributed by atoms with van der Waals surface area (Å²) in [4.78, 5) is 4.13. The number of aliphatic hydroxyl groups excluding tert-OH is 1. The normalized spacial score (nSPS) is 23.0. The predicted molar refractivity (Wildman–Crippen MR) is 78.6 cm³/mol. The van der Waals surface area contributed by atoms with Crippen LogP contribution in [0.1, 0.15) is 32.6 Å². The van der Waals surface area contributed by atoms with E-state index in [0.717, 1.165) is 25.7 Å². The molecule has 1 aliphatic rings. The van der Waals surface area contributed by atoms with E-state index in [9.17, 15) is 8.42 Å². The molecule has 1 aromatic rings. The molecule has 0 bridgehead atoms. The average Bonchev–Trinajstić information content (AvgIpc) is 2.48. The Morgan fingerprint density at radius 3 is 2.57 bits per heavy atom. The molecular formula is C14H22N2O4S. The minimum Gasteiger partial charge on any atom is -0.478 e. The smallest absolute Gasteiger partial charge is 0.242 e. The third-order valence-electron chi connectivity index (χ3n) is 3.74. The van der Waals surface area contributed by atoms with E-state index in [2.05, 4.69) is 9.71 Å². The molecule has 1 fully saturated rings. The number of ether oxygens (including phenoxy) is 1. The van der Waals surface area contributed by atoms with Gasteiger partial charge in [-0.05, 0) is 44.6 Å². The Labute approximate surface area is 125 Å². The van der Waals surface area contributed by atoms with E-state index in [0.29, 0.717) is 18.4 Å². The first kappa shape index (κ1) is 16.2. The lowest BCUT2D eigenvalue weighted by Gasteiger charge is -2.27. The lowest BCUT2D eigenvalue weighted by molar-refractivity contribution is 0.180. The zero-order valence-electron chi connectivity index (χ0n) is 12.2. The van der Waals surface area contributed by atoms with Crippen molar-refractivity contribution in [1.82, 2.24) is 9.71 Å². The van der Waals surface area contributed by atoms with Crippen LogP contribution in [0.25, 0.3) is 0 Å². The Morgan fingerprint density at radius 2 is 2.05 bits per heavy atom. The van der Waals surface area contributed by atoms with Gasteiger partial charge in [0.05, 0.1) is 12.8 Å². The van der Waals surface area contributed by atoms with Crippen LogP contribution >= 0.6 is 0 Å². The Kier molecular flexibility index (Phi) is 5.55. The van der Waals surface area contributed by atoms with Crippen LogP contribution in [0.15, 0.2) is 23.2 Å². The lowest BCUT2D eigenvalue weighted by Crippen LogP contribution is -2.38. The van der Waals surface area contributed by atoms with Gasteiger partial charge in [-0.3, -0.25) is 0 Å². The van der Waals surface area contributed by atoms with E-state index in [1.54, 1.807) is 6.07 Å². The molecule has 1 aliphatic carbocycles. The summed E-state index contributed by atoms with van der Waals surface area (Å²) in [6.45, 7) is 2.52. The van der Waals surface area contributed by atoms with Crippen LogP contribution in [0.4, 0.5) is 0 Å². The molecule has 1 saturated carbocycles. The highest BCUT2D eigenvalue weighted by Gasteiger charge is 2.25. The van der Waals surface area contributed by atoms with Gasteiger partial charge in [0, 0.05) is 18.7 Å². The zero-order chi connectivity index (χ0) is 15.3. The molecule has 2 N–H and O–H groups in total. The molecule has 0 spiro atoms. The largest absolute Gasteiger partial charge is 0.478 e. The van der Waals surface area contributed by atoms with Gasteiger partial charge in [0.1, 0.15) is 4.90 Å². The number of nitrogens with zero attached hydrogens (tertiary/aromatic N) is 1. The van der Waals surface area contributed by atoms with Crippen LogP contribution in [-0.4, -0.2) is 37.8 Å². The van der Waals surface area contributed by atoms with Gasteiger partial charge in [0.25, 0.3) is 0 Å². The number of aromatic nitrogens is 1. The second-order valence-corrected chi connectivity index (χ2v) is 7.00. The maximum Gasteiger partial charge on any atom is 0.242 e. The van der Waals surface area contributed by atoms with E-state index >= 15 is 0 Å². The molecule has 7 heteroatoms. The summed E-state index contributed by atoms with van der Waals surface area (Å²) >= 11 is 0. The Hall–Kier alpha value is -1.18. The van der Waals surface area contributed by atoms with Gasteiger partial charge in [-0.2, -0.15) is 0 Å². The van der Waals surface area contributed by atoms with Crippen LogP contribution in [0.2, 0.25) is 0 Å². The molecule has 0 aliphatic heterocycles. The average molecular weight is 314 g/mol. The van der Waals surface area contributed by atoms with E-state index in [1.807, 2.05) is 6.92 Å². The third-order valence-corrected chi connectivity index (χ3v) is 5.24. The Morgan fingerprint density at radius 1 is 1.33 bits per heavy atom. The number of nitrogens with one attached hydrogen (secondary N) is 1. The standard InChI is InChI=1S/C14H22N2O4S/c1-2-20-14-8-7-13(9-15-14)21(18,19)16-12-5-3-11(10-17)4-6-12/h7-9,11-12,16-17H,2-6,10H2,1H3. The van der Waals surface area contributed by atoms with Crippen molar-refractivity contribution in [2.45, 2.75) is 43.5 Å². The molecule has 0 amide bonds. The van der Waals surface area contributed by atoms with Gasteiger partial charge in [-0.25, -0.2) is 18.1 Å². The molecular weight excluding hydrogens is 292 g/mol. The van der Waals surface area contributed by atoms with Crippen LogP contribution in [-0.2, 0) is 10.0 Å². The fourth-order valence-electron chi connectivity index (χ4n) is 2.51. The van der Waals surface area contributed by atoms with Gasteiger partial charge >= 0.3 is 0 Å². The lowest BCUT2D eigenvalue weighted by atomic mass is 9.87.